The summed E-state index contributed by atoms with van der Waals surface area (Å²) in [5.74, 6) is 10.7. The lowest BCUT2D eigenvalue weighted by Gasteiger charge is -2.57. The Labute approximate surface area is 888 Å². The molecule has 16 aromatic carbocycles. The van der Waals surface area contributed by atoms with Crippen LogP contribution in [0.3, 0.4) is 0 Å². The summed E-state index contributed by atoms with van der Waals surface area (Å²) in [6.07, 6.45) is 46.4. The Hall–Kier alpha value is -13.5. The zero-order chi connectivity index (χ0) is 98.7. The third-order valence-corrected chi connectivity index (χ3v) is 41.1. The molecule has 35 rings (SSSR count). The van der Waals surface area contributed by atoms with E-state index in [0.717, 1.165) is 53.3 Å². The Bertz CT molecular complexity index is 7920. The van der Waals surface area contributed by atoms with Crippen molar-refractivity contribution in [2.45, 2.75) is 251 Å². The van der Waals surface area contributed by atoms with Gasteiger partial charge in [-0.25, -0.2) is 0 Å². The van der Waals surface area contributed by atoms with Gasteiger partial charge >= 0.3 is 0 Å². The van der Waals surface area contributed by atoms with Gasteiger partial charge in [-0.3, -0.25) is 0 Å². The fraction of sp³-hybridized carbons (Fsp3) is 0.338. The first-order valence-corrected chi connectivity index (χ1v) is 58.7. The first kappa shape index (κ1) is 91.5. The highest BCUT2D eigenvalue weighted by molar-refractivity contribution is 6.12. The Morgan fingerprint density at radius 1 is 0.200 bits per heavy atom. The van der Waals surface area contributed by atoms with Crippen LogP contribution in [0.2, 0.25) is 0 Å². The Kier molecular flexibility index (Phi) is 22.7. The van der Waals surface area contributed by atoms with Gasteiger partial charge < -0.3 is 23.8 Å². The second kappa shape index (κ2) is 37.3. The molecule has 0 saturated heterocycles. The summed E-state index contributed by atoms with van der Waals surface area (Å²) in [6.45, 7) is 0. The predicted molar refractivity (Wildman–Crippen MR) is 625 cm³/mol. The predicted octanol–water partition coefficient (Wildman–Crippen LogP) is 39.6. The summed E-state index contributed by atoms with van der Waals surface area (Å²) in [7, 11) is 0. The van der Waals surface area contributed by atoms with E-state index in [2.05, 4.69) is 406 Å². The number of nitrogens with zero attached hydrogens (tertiary/aromatic N) is 5. The molecule has 1 spiro atoms. The average molecular weight is 1950 g/mol. The molecule has 0 unspecified atom stereocenters. The van der Waals surface area contributed by atoms with Gasteiger partial charge in [-0.15, -0.1) is 0 Å². The van der Waals surface area contributed by atoms with Gasteiger partial charge in [0.25, 0.3) is 0 Å². The summed E-state index contributed by atoms with van der Waals surface area (Å²) >= 11 is 0. The molecule has 0 aliphatic heterocycles. The monoisotopic (exact) mass is 1950 g/mol. The average Bonchev–Trinajstić information content (AvgIpc) is 1.50. The molecule has 0 atom stereocenters. The maximum atomic E-state index is 2.59. The number of hydrogen-bond acceptors (Lipinski definition) is 3. The Morgan fingerprint density at radius 2 is 0.487 bits per heavy atom. The van der Waals surface area contributed by atoms with Crippen LogP contribution < -0.4 is 14.7 Å². The summed E-state index contributed by atoms with van der Waals surface area (Å²) in [4.78, 5) is 7.60. The van der Waals surface area contributed by atoms with Crippen molar-refractivity contribution >= 4 is 94.8 Å². The van der Waals surface area contributed by atoms with E-state index in [9.17, 15) is 0 Å². The van der Waals surface area contributed by atoms with Crippen LogP contribution in [0.25, 0.3) is 77.2 Å². The molecule has 2 heterocycles. The zero-order valence-electron chi connectivity index (χ0n) is 87.4. The zero-order valence-corrected chi connectivity index (χ0v) is 87.4. The fourth-order valence-electron chi connectivity index (χ4n) is 35.8. The van der Waals surface area contributed by atoms with Crippen molar-refractivity contribution in [2.24, 2.45) is 53.3 Å². The van der Waals surface area contributed by atoms with E-state index in [1.54, 1.807) is 16.7 Å². The molecule has 5 nitrogen and oxygen atoms in total. The molecule has 15 saturated carbocycles. The maximum Gasteiger partial charge on any atom is 0.0726 e. The van der Waals surface area contributed by atoms with Crippen molar-refractivity contribution in [2.75, 3.05) is 14.7 Å². The van der Waals surface area contributed by atoms with Crippen molar-refractivity contribution in [3.8, 4) is 33.6 Å². The molecular weight excluding hydrogens is 1810 g/mol. The van der Waals surface area contributed by atoms with E-state index < -0.39 is 0 Å². The van der Waals surface area contributed by atoms with Crippen LogP contribution in [-0.4, -0.2) is 9.13 Å². The molecule has 0 radical (unpaired) electrons. The van der Waals surface area contributed by atoms with Crippen molar-refractivity contribution in [1.29, 1.82) is 0 Å². The quantitative estimate of drug-likeness (QED) is 0.0906. The van der Waals surface area contributed by atoms with Gasteiger partial charge in [-0.05, 0) is 459 Å². The first-order chi connectivity index (χ1) is 74.1. The third-order valence-electron chi connectivity index (χ3n) is 41.1. The van der Waals surface area contributed by atoms with Crippen LogP contribution in [-0.2, 0) is 21.7 Å². The highest BCUT2D eigenvalue weighted by atomic mass is 15.2. The molecule has 18 aromatic rings. The molecule has 0 N–H and O–H groups in total. The lowest BCUT2D eigenvalue weighted by molar-refractivity contribution is -0.00530. The number of para-hydroxylation sites is 4. The smallest absolute Gasteiger partial charge is 0.0726 e. The fourth-order valence-corrected chi connectivity index (χ4v) is 35.8. The minimum Gasteiger partial charge on any atom is -0.310 e. The summed E-state index contributed by atoms with van der Waals surface area (Å²) in [6, 6.07) is 147. The van der Waals surface area contributed by atoms with E-state index in [-0.39, 0.29) is 5.41 Å². The van der Waals surface area contributed by atoms with Crippen molar-refractivity contribution in [3.05, 3.63) is 438 Å². The lowest BCUT2D eigenvalue weighted by atomic mass is 9.48. The number of hydrogen-bond donors (Lipinski definition) is 0. The number of aromatic nitrogens is 2. The minimum atomic E-state index is -0.353. The van der Waals surface area contributed by atoms with Gasteiger partial charge in [0.15, 0.2) is 0 Å². The maximum absolute atomic E-state index is 2.59. The molecule has 17 aliphatic rings. The lowest BCUT2D eigenvalue weighted by Crippen LogP contribution is -2.48. The van der Waals surface area contributed by atoms with Crippen molar-refractivity contribution < 1.29 is 0 Å². The summed E-state index contributed by atoms with van der Waals surface area (Å²) < 4.78 is 4.85. The van der Waals surface area contributed by atoms with Crippen LogP contribution in [0.1, 0.15) is 285 Å². The number of benzene rings is 16. The molecule has 12 bridgehead atoms. The van der Waals surface area contributed by atoms with Crippen LogP contribution in [0.4, 0.5) is 51.2 Å². The highest BCUT2D eigenvalue weighted by Gasteiger charge is 2.57. The third kappa shape index (κ3) is 15.6. The van der Waals surface area contributed by atoms with Gasteiger partial charge in [-0.2, -0.15) is 0 Å². The van der Waals surface area contributed by atoms with Gasteiger partial charge in [-0.1, -0.05) is 294 Å². The van der Waals surface area contributed by atoms with E-state index in [1.807, 2.05) is 0 Å². The molecule has 150 heavy (non-hydrogen) atoms. The van der Waals surface area contributed by atoms with Gasteiger partial charge in [0.05, 0.1) is 33.2 Å². The molecule has 746 valence electrons. The number of anilines is 9. The summed E-state index contributed by atoms with van der Waals surface area (Å²) in [5.41, 5.74) is 39.8. The Morgan fingerprint density at radius 3 is 0.880 bits per heavy atom. The van der Waals surface area contributed by atoms with Gasteiger partial charge in [0, 0.05) is 84.0 Å². The van der Waals surface area contributed by atoms with E-state index in [0.29, 0.717) is 34.0 Å². The molecule has 17 aliphatic carbocycles. The SMILES string of the molecule is c1ccc(-n2c3ccccc3c3cc(N(c4ccc(C5CCCCC5)cc4)c4ccc(C56CC7CC(CC(C7)C5)C6)cc4)ccc32)cc1.c1ccc(-n2c3ccccc3c3ccc(N(c4ccc(C5CCCCC5)cc4)c4ccc(C56CC7CC(CC(C7)C5)C6)cc4)cc32)cc1.c1ccc2c(c1)-c1ccccc1C21c2ccccc2-c2c(N(c3ccc(C4CCCCC4)cc3)c3ccc(C45CC6CC(CC(C6)C4)C5)cc3)cccc21. The largest absolute Gasteiger partial charge is 0.310 e. The van der Waals surface area contributed by atoms with Gasteiger partial charge in [0.2, 0.25) is 0 Å². The van der Waals surface area contributed by atoms with E-state index in [1.165, 1.54) is 379 Å². The van der Waals surface area contributed by atoms with E-state index in [4.69, 9.17) is 0 Å². The minimum absolute atomic E-state index is 0.353. The van der Waals surface area contributed by atoms with Crippen molar-refractivity contribution in [1.82, 2.24) is 9.13 Å². The molecular formula is C145H141N5. The van der Waals surface area contributed by atoms with Crippen LogP contribution in [0, 0.1) is 53.3 Å². The molecule has 5 heteroatoms. The van der Waals surface area contributed by atoms with Crippen LogP contribution in [0.5, 0.6) is 0 Å². The van der Waals surface area contributed by atoms with Crippen LogP contribution in [0.15, 0.2) is 382 Å². The standard InChI is InChI=1S/C53H49N.2C46H46N2/c1-2-11-38(12-3-1)39-21-25-41(26-22-39)54(42-27-23-40(24-28-42)52-32-35-29-36(33-52)31-37(30-35)34-52)50-20-10-19-49-51(50)45-15-6-9-18-48(45)53(49)46-16-7-4-13-43(46)44-14-5-8-17-47(44)53;1-3-9-35(10-4-1)36-15-19-39(20-16-36)47(40-21-17-37(18-22-40)46-29-32-25-33(30-46)27-34(26-32)31-46)41-23-24-45-43(28-41)42-13-7-8-14-44(42)48(45)38-11-5-2-6-12-38;1-3-9-35(10-4-1)36-15-19-39(20-16-36)47(40-21-17-37(18-22-40)46-29-32-25-33(30-46)27-34(26-32)31-46)41-23-24-43-42-13-7-8-14-44(42)48(45(43)28-41)38-11-5-2-6-12-38/h4-10,13-28,35-38H,1-3,11-12,29-34H2;2*2,5-8,11-24,28,32-35H,1,3-4,9-10,25-27,29-31H2. The molecule has 2 aromatic heterocycles. The molecule has 0 amide bonds. The van der Waals surface area contributed by atoms with Gasteiger partial charge in [0.1, 0.15) is 0 Å². The second-order valence-corrected chi connectivity index (χ2v) is 49.9. The first-order valence-electron chi connectivity index (χ1n) is 58.7. The molecule has 15 fully saturated rings. The normalized spacial score (nSPS) is 25.2. The highest BCUT2D eigenvalue weighted by Crippen LogP contribution is 2.68. The topological polar surface area (TPSA) is 19.6 Å². The summed E-state index contributed by atoms with van der Waals surface area (Å²) in [5, 5.41) is 5.18. The van der Waals surface area contributed by atoms with Crippen molar-refractivity contribution in [3.63, 3.8) is 0 Å². The number of fused-ring (bicyclic) bond motifs is 16. The van der Waals surface area contributed by atoms with E-state index >= 15 is 0 Å². The second-order valence-electron chi connectivity index (χ2n) is 49.9. The Balaban J connectivity index is 0.000000104. The van der Waals surface area contributed by atoms with Crippen LogP contribution >= 0.6 is 0 Å². The number of rotatable bonds is 17.